The minimum Gasteiger partial charge on any atom is -0.380 e. The van der Waals surface area contributed by atoms with Crippen LogP contribution in [0.2, 0.25) is 0 Å². The molecule has 3 unspecified atom stereocenters. The third-order valence-corrected chi connectivity index (χ3v) is 5.69. The third-order valence-electron chi connectivity index (χ3n) is 5.69. The van der Waals surface area contributed by atoms with Gasteiger partial charge in [-0.15, -0.1) is 0 Å². The molecule has 116 valence electrons. The van der Waals surface area contributed by atoms with E-state index in [0.29, 0.717) is 12.1 Å². The largest absolute Gasteiger partial charge is 0.380 e. The Balaban J connectivity index is 1.64. The molecule has 1 aliphatic carbocycles. The summed E-state index contributed by atoms with van der Waals surface area (Å²) in [7, 11) is 0. The number of nitrogens with zero attached hydrogens (tertiary/aromatic N) is 1. The summed E-state index contributed by atoms with van der Waals surface area (Å²) < 4.78 is 5.83. The second-order valence-corrected chi connectivity index (χ2v) is 6.98. The van der Waals surface area contributed by atoms with Gasteiger partial charge in [0.15, 0.2) is 0 Å². The average molecular weight is 280 g/mol. The first-order valence-electron chi connectivity index (χ1n) is 8.97. The molecule has 2 aliphatic heterocycles. The van der Waals surface area contributed by atoms with Crippen molar-refractivity contribution in [2.24, 2.45) is 5.92 Å². The zero-order valence-electron chi connectivity index (χ0n) is 13.2. The van der Waals surface area contributed by atoms with Crippen molar-refractivity contribution in [3.8, 4) is 0 Å². The normalized spacial score (nSPS) is 36.8. The number of rotatable bonds is 5. The molecule has 3 nitrogen and oxygen atoms in total. The van der Waals surface area contributed by atoms with Crippen LogP contribution in [0, 0.1) is 5.92 Å². The van der Waals surface area contributed by atoms with Gasteiger partial charge in [0, 0.05) is 24.7 Å². The summed E-state index contributed by atoms with van der Waals surface area (Å²) in [5.74, 6) is 0.978. The summed E-state index contributed by atoms with van der Waals surface area (Å²) >= 11 is 0. The van der Waals surface area contributed by atoms with Crippen molar-refractivity contribution < 1.29 is 4.74 Å². The predicted molar refractivity (Wildman–Crippen MR) is 83.0 cm³/mol. The van der Waals surface area contributed by atoms with E-state index in [0.717, 1.165) is 31.7 Å². The molecule has 0 aromatic heterocycles. The number of likely N-dealkylation sites (tertiary alicyclic amines) is 1. The predicted octanol–water partition coefficient (Wildman–Crippen LogP) is 2.80. The fraction of sp³-hybridized carbons (Fsp3) is 1.00. The van der Waals surface area contributed by atoms with E-state index in [9.17, 15) is 0 Å². The average Bonchev–Trinajstić information content (AvgIpc) is 3.15. The van der Waals surface area contributed by atoms with E-state index in [-0.39, 0.29) is 0 Å². The van der Waals surface area contributed by atoms with Gasteiger partial charge >= 0.3 is 0 Å². The molecule has 2 heterocycles. The number of nitrogens with one attached hydrogen (secondary N) is 1. The van der Waals surface area contributed by atoms with Gasteiger partial charge in [0.1, 0.15) is 0 Å². The molecular weight excluding hydrogens is 248 g/mol. The monoisotopic (exact) mass is 280 g/mol. The zero-order chi connectivity index (χ0) is 13.8. The summed E-state index contributed by atoms with van der Waals surface area (Å²) in [4.78, 5) is 2.84. The van der Waals surface area contributed by atoms with Gasteiger partial charge in [0.2, 0.25) is 0 Å². The Morgan fingerprint density at radius 1 is 1.05 bits per heavy atom. The van der Waals surface area contributed by atoms with Crippen LogP contribution in [-0.4, -0.2) is 49.3 Å². The quantitative estimate of drug-likeness (QED) is 0.838. The molecule has 0 amide bonds. The fourth-order valence-corrected chi connectivity index (χ4v) is 4.69. The summed E-state index contributed by atoms with van der Waals surface area (Å²) in [5.41, 5.74) is 0. The lowest BCUT2D eigenvalue weighted by Crippen LogP contribution is -2.57. The standard InChI is InChI=1S/C17H32N2O/c1-2-10-18-15-9-12-20-13-17(15)19-11-5-8-16(19)14-6-3-4-7-14/h14-18H,2-13H2,1H3. The van der Waals surface area contributed by atoms with Crippen molar-refractivity contribution in [2.75, 3.05) is 26.3 Å². The Hall–Kier alpha value is -0.120. The Morgan fingerprint density at radius 3 is 2.70 bits per heavy atom. The Bertz CT molecular complexity index is 291. The molecule has 3 aliphatic rings. The molecule has 1 N–H and O–H groups in total. The van der Waals surface area contributed by atoms with Gasteiger partial charge in [-0.3, -0.25) is 4.90 Å². The van der Waals surface area contributed by atoms with Gasteiger partial charge in [-0.25, -0.2) is 0 Å². The lowest BCUT2D eigenvalue weighted by atomic mass is 9.93. The highest BCUT2D eigenvalue weighted by molar-refractivity contribution is 4.96. The van der Waals surface area contributed by atoms with Crippen molar-refractivity contribution in [2.45, 2.75) is 76.4 Å². The van der Waals surface area contributed by atoms with Crippen LogP contribution in [-0.2, 0) is 4.74 Å². The Morgan fingerprint density at radius 2 is 1.90 bits per heavy atom. The van der Waals surface area contributed by atoms with E-state index >= 15 is 0 Å². The van der Waals surface area contributed by atoms with Crippen LogP contribution in [0.25, 0.3) is 0 Å². The van der Waals surface area contributed by atoms with Crippen LogP contribution in [0.3, 0.4) is 0 Å². The molecule has 0 aromatic carbocycles. The van der Waals surface area contributed by atoms with Crippen LogP contribution in [0.1, 0.15) is 58.3 Å². The maximum absolute atomic E-state index is 5.83. The van der Waals surface area contributed by atoms with E-state index in [4.69, 9.17) is 4.74 Å². The smallest absolute Gasteiger partial charge is 0.0637 e. The van der Waals surface area contributed by atoms with E-state index < -0.39 is 0 Å². The summed E-state index contributed by atoms with van der Waals surface area (Å²) in [6.45, 7) is 6.62. The number of hydrogen-bond acceptors (Lipinski definition) is 3. The topological polar surface area (TPSA) is 24.5 Å². The first-order chi connectivity index (χ1) is 9.90. The fourth-order valence-electron chi connectivity index (χ4n) is 4.69. The summed E-state index contributed by atoms with van der Waals surface area (Å²) in [6.07, 6.45) is 11.1. The zero-order valence-corrected chi connectivity index (χ0v) is 13.2. The lowest BCUT2D eigenvalue weighted by molar-refractivity contribution is -0.0160. The second kappa shape index (κ2) is 7.24. The third kappa shape index (κ3) is 3.20. The van der Waals surface area contributed by atoms with E-state index in [1.807, 2.05) is 0 Å². The van der Waals surface area contributed by atoms with Crippen LogP contribution in [0.15, 0.2) is 0 Å². The van der Waals surface area contributed by atoms with E-state index in [2.05, 4.69) is 17.1 Å². The van der Waals surface area contributed by atoms with Crippen LogP contribution in [0.5, 0.6) is 0 Å². The van der Waals surface area contributed by atoms with Crippen molar-refractivity contribution in [3.05, 3.63) is 0 Å². The first kappa shape index (κ1) is 14.8. The van der Waals surface area contributed by atoms with Crippen LogP contribution in [0.4, 0.5) is 0 Å². The molecule has 0 spiro atoms. The molecule has 0 bridgehead atoms. The van der Waals surface area contributed by atoms with Crippen LogP contribution < -0.4 is 5.32 Å². The van der Waals surface area contributed by atoms with Gasteiger partial charge < -0.3 is 10.1 Å². The number of hydrogen-bond donors (Lipinski definition) is 1. The molecule has 3 rings (SSSR count). The highest BCUT2D eigenvalue weighted by Gasteiger charge is 2.40. The highest BCUT2D eigenvalue weighted by atomic mass is 16.5. The van der Waals surface area contributed by atoms with E-state index in [1.54, 1.807) is 0 Å². The highest BCUT2D eigenvalue weighted by Crippen LogP contribution is 2.37. The minimum atomic E-state index is 0.628. The van der Waals surface area contributed by atoms with Crippen LogP contribution >= 0.6 is 0 Å². The van der Waals surface area contributed by atoms with Gasteiger partial charge in [0.25, 0.3) is 0 Å². The molecule has 20 heavy (non-hydrogen) atoms. The Labute approximate surface area is 124 Å². The number of ether oxygens (including phenoxy) is 1. The van der Waals surface area contributed by atoms with Gasteiger partial charge in [-0.2, -0.15) is 0 Å². The van der Waals surface area contributed by atoms with Crippen molar-refractivity contribution >= 4 is 0 Å². The summed E-state index contributed by atoms with van der Waals surface area (Å²) in [5, 5.41) is 3.79. The van der Waals surface area contributed by atoms with Crippen molar-refractivity contribution in [1.29, 1.82) is 0 Å². The van der Waals surface area contributed by atoms with Gasteiger partial charge in [-0.05, 0) is 57.5 Å². The maximum atomic E-state index is 5.83. The second-order valence-electron chi connectivity index (χ2n) is 6.98. The Kier molecular flexibility index (Phi) is 5.36. The molecule has 3 atom stereocenters. The maximum Gasteiger partial charge on any atom is 0.0637 e. The minimum absolute atomic E-state index is 0.628. The summed E-state index contributed by atoms with van der Waals surface area (Å²) in [6, 6.07) is 2.14. The molecule has 3 fully saturated rings. The van der Waals surface area contributed by atoms with Crippen molar-refractivity contribution in [3.63, 3.8) is 0 Å². The molecule has 0 radical (unpaired) electrons. The lowest BCUT2D eigenvalue weighted by Gasteiger charge is -2.42. The van der Waals surface area contributed by atoms with Gasteiger partial charge in [0.05, 0.1) is 6.61 Å². The van der Waals surface area contributed by atoms with Crippen molar-refractivity contribution in [1.82, 2.24) is 10.2 Å². The SMILES string of the molecule is CCCNC1CCOCC1N1CCCC1C1CCCC1. The first-order valence-corrected chi connectivity index (χ1v) is 8.97. The molecule has 0 aromatic rings. The molecule has 2 saturated heterocycles. The molecule has 1 saturated carbocycles. The van der Waals surface area contributed by atoms with E-state index in [1.165, 1.54) is 57.9 Å². The van der Waals surface area contributed by atoms with Gasteiger partial charge in [-0.1, -0.05) is 19.8 Å². The molecular formula is C17H32N2O. The molecule has 3 heteroatoms.